The Morgan fingerprint density at radius 1 is 1.29 bits per heavy atom. The number of nitrogens with one attached hydrogen (secondary N) is 1. The molecule has 0 saturated carbocycles. The molecule has 28 heavy (non-hydrogen) atoms. The fraction of sp³-hybridized carbons (Fsp3) is 0.150. The second kappa shape index (κ2) is 8.08. The number of anilines is 1. The van der Waals surface area contributed by atoms with Crippen LogP contribution in [0, 0.1) is 0 Å². The number of ether oxygens (including phenoxy) is 2. The van der Waals surface area contributed by atoms with Crippen molar-refractivity contribution >= 4 is 29.1 Å². The smallest absolute Gasteiger partial charge is 0.247 e. The summed E-state index contributed by atoms with van der Waals surface area (Å²) < 4.78 is 11.7. The molecule has 4 rings (SSSR count). The number of nitrogens with zero attached hydrogens (tertiary/aromatic N) is 3. The van der Waals surface area contributed by atoms with Crippen molar-refractivity contribution in [2.24, 2.45) is 0 Å². The number of rotatable bonds is 5. The maximum absolute atomic E-state index is 6.24. The van der Waals surface area contributed by atoms with Crippen LogP contribution in [0.15, 0.2) is 60.3 Å². The Morgan fingerprint density at radius 2 is 2.14 bits per heavy atom. The summed E-state index contributed by atoms with van der Waals surface area (Å²) in [5, 5.41) is 13.1. The van der Waals surface area contributed by atoms with Gasteiger partial charge in [0.2, 0.25) is 17.3 Å². The summed E-state index contributed by atoms with van der Waals surface area (Å²) >= 11 is 7.67. The molecule has 3 aromatic rings. The van der Waals surface area contributed by atoms with Crippen LogP contribution in [0.2, 0.25) is 5.02 Å². The highest BCUT2D eigenvalue weighted by molar-refractivity contribution is 7.99. The van der Waals surface area contributed by atoms with Gasteiger partial charge in [-0.2, -0.15) is 4.98 Å². The molecule has 1 unspecified atom stereocenters. The third-order valence-corrected chi connectivity index (χ3v) is 5.21. The van der Waals surface area contributed by atoms with Gasteiger partial charge in [0.15, 0.2) is 5.69 Å². The monoisotopic (exact) mass is 412 g/mol. The second-order valence-corrected chi connectivity index (χ2v) is 7.35. The molecule has 0 saturated heterocycles. The number of methoxy groups -OCH3 is 1. The Labute approximate surface area is 172 Å². The van der Waals surface area contributed by atoms with Crippen molar-refractivity contribution < 1.29 is 9.47 Å². The van der Waals surface area contributed by atoms with Crippen LogP contribution >= 0.6 is 23.4 Å². The lowest BCUT2D eigenvalue weighted by Crippen LogP contribution is -2.18. The van der Waals surface area contributed by atoms with Gasteiger partial charge in [0.1, 0.15) is 5.75 Å². The number of hydrogen-bond donors (Lipinski definition) is 1. The third kappa shape index (κ3) is 3.63. The predicted octanol–water partition coefficient (Wildman–Crippen LogP) is 4.98. The molecule has 0 amide bonds. The summed E-state index contributed by atoms with van der Waals surface area (Å²) in [5.41, 5.74) is 3.06. The molecule has 0 spiro atoms. The van der Waals surface area contributed by atoms with E-state index in [-0.39, 0.29) is 0 Å². The molecule has 1 aliphatic rings. The molecule has 0 radical (unpaired) electrons. The zero-order valence-electron chi connectivity index (χ0n) is 15.1. The minimum atomic E-state index is -0.565. The summed E-state index contributed by atoms with van der Waals surface area (Å²) in [6.07, 6.45) is 1.22. The van der Waals surface area contributed by atoms with Crippen LogP contribution < -0.4 is 14.8 Å². The van der Waals surface area contributed by atoms with Crippen molar-refractivity contribution in [1.29, 1.82) is 0 Å². The number of benzene rings is 2. The molecule has 1 atom stereocenters. The number of para-hydroxylation sites is 1. The van der Waals surface area contributed by atoms with Gasteiger partial charge in [0.25, 0.3) is 0 Å². The Morgan fingerprint density at radius 3 is 2.96 bits per heavy atom. The minimum absolute atomic E-state index is 0.394. The fourth-order valence-electron chi connectivity index (χ4n) is 2.89. The first kappa shape index (κ1) is 18.6. The van der Waals surface area contributed by atoms with Gasteiger partial charge in [-0.3, -0.25) is 0 Å². The topological polar surface area (TPSA) is 69.2 Å². The van der Waals surface area contributed by atoms with Crippen LogP contribution in [-0.2, 0) is 0 Å². The SMILES string of the molecule is C=CCSc1nnc2c(n1)OC(c1cc(Cl)ccc1OC)Nc1ccccc1-2. The van der Waals surface area contributed by atoms with Gasteiger partial charge < -0.3 is 14.8 Å². The number of halogens is 1. The summed E-state index contributed by atoms with van der Waals surface area (Å²) in [5.74, 6) is 1.73. The summed E-state index contributed by atoms with van der Waals surface area (Å²) in [6.45, 7) is 3.72. The van der Waals surface area contributed by atoms with E-state index in [1.807, 2.05) is 36.4 Å². The van der Waals surface area contributed by atoms with Crippen LogP contribution in [-0.4, -0.2) is 28.0 Å². The van der Waals surface area contributed by atoms with Gasteiger partial charge in [-0.25, -0.2) is 0 Å². The molecular formula is C20H17ClN4O2S. The van der Waals surface area contributed by atoms with E-state index in [0.717, 1.165) is 16.8 Å². The largest absolute Gasteiger partial charge is 0.496 e. The molecular weight excluding hydrogens is 396 g/mol. The first-order valence-electron chi connectivity index (χ1n) is 8.54. The lowest BCUT2D eigenvalue weighted by atomic mass is 10.1. The Kier molecular flexibility index (Phi) is 5.36. The molecule has 2 heterocycles. The predicted molar refractivity (Wildman–Crippen MR) is 111 cm³/mol. The first-order chi connectivity index (χ1) is 13.7. The maximum atomic E-state index is 6.24. The average molecular weight is 413 g/mol. The quantitative estimate of drug-likeness (QED) is 0.468. The van der Waals surface area contributed by atoms with Crippen molar-refractivity contribution in [3.05, 3.63) is 65.7 Å². The van der Waals surface area contributed by atoms with Gasteiger partial charge in [0.05, 0.1) is 12.7 Å². The highest BCUT2D eigenvalue weighted by atomic mass is 35.5. The van der Waals surface area contributed by atoms with Crippen LogP contribution in [0.5, 0.6) is 11.6 Å². The lowest BCUT2D eigenvalue weighted by molar-refractivity contribution is 0.220. The normalized spacial score (nSPS) is 14.7. The molecule has 1 N–H and O–H groups in total. The zero-order chi connectivity index (χ0) is 19.5. The van der Waals surface area contributed by atoms with E-state index in [0.29, 0.717) is 33.3 Å². The average Bonchev–Trinajstić information content (AvgIpc) is 2.88. The number of thioether (sulfide) groups is 1. The fourth-order valence-corrected chi connectivity index (χ4v) is 3.59. The third-order valence-electron chi connectivity index (χ3n) is 4.14. The molecule has 0 fully saturated rings. The number of fused-ring (bicyclic) bond motifs is 3. The summed E-state index contributed by atoms with van der Waals surface area (Å²) in [7, 11) is 1.61. The van der Waals surface area contributed by atoms with Crippen LogP contribution in [0.3, 0.4) is 0 Å². The van der Waals surface area contributed by atoms with Crippen LogP contribution in [0.1, 0.15) is 11.8 Å². The maximum Gasteiger partial charge on any atom is 0.247 e. The Balaban J connectivity index is 1.83. The number of hydrogen-bond acceptors (Lipinski definition) is 7. The van der Waals surface area contributed by atoms with Crippen LogP contribution in [0.25, 0.3) is 11.3 Å². The van der Waals surface area contributed by atoms with Gasteiger partial charge >= 0.3 is 0 Å². The molecule has 142 valence electrons. The van der Waals surface area contributed by atoms with Crippen molar-refractivity contribution in [3.63, 3.8) is 0 Å². The van der Waals surface area contributed by atoms with Gasteiger partial charge in [-0.1, -0.05) is 47.6 Å². The highest BCUT2D eigenvalue weighted by Crippen LogP contribution is 2.41. The zero-order valence-corrected chi connectivity index (χ0v) is 16.6. The van der Waals surface area contributed by atoms with E-state index in [1.165, 1.54) is 11.8 Å². The van der Waals surface area contributed by atoms with Gasteiger partial charge in [-0.15, -0.1) is 16.8 Å². The van der Waals surface area contributed by atoms with E-state index in [1.54, 1.807) is 19.3 Å². The van der Waals surface area contributed by atoms with Crippen molar-refractivity contribution in [1.82, 2.24) is 15.2 Å². The van der Waals surface area contributed by atoms with Crippen molar-refractivity contribution in [2.45, 2.75) is 11.4 Å². The van der Waals surface area contributed by atoms with E-state index < -0.39 is 6.23 Å². The molecule has 1 aromatic heterocycles. The highest BCUT2D eigenvalue weighted by Gasteiger charge is 2.28. The standard InChI is InChI=1S/C20H17ClN4O2S/c1-3-10-28-20-23-19-17(24-25-20)13-6-4-5-7-15(13)22-18(27-19)14-11-12(21)8-9-16(14)26-2/h3-9,11,18,22H,1,10H2,2H3. The molecule has 0 aliphatic carbocycles. The van der Waals surface area contributed by atoms with Gasteiger partial charge in [0, 0.05) is 22.0 Å². The Bertz CT molecular complexity index is 1030. The van der Waals surface area contributed by atoms with E-state index in [9.17, 15) is 0 Å². The Hall–Kier alpha value is -2.77. The van der Waals surface area contributed by atoms with E-state index >= 15 is 0 Å². The lowest BCUT2D eigenvalue weighted by Gasteiger charge is -2.21. The molecule has 0 bridgehead atoms. The van der Waals surface area contributed by atoms with Crippen molar-refractivity contribution in [2.75, 3.05) is 18.2 Å². The van der Waals surface area contributed by atoms with E-state index in [4.69, 9.17) is 21.1 Å². The summed E-state index contributed by atoms with van der Waals surface area (Å²) in [6, 6.07) is 13.2. The molecule has 8 heteroatoms. The van der Waals surface area contributed by atoms with Crippen molar-refractivity contribution in [3.8, 4) is 22.9 Å². The molecule has 1 aliphatic heterocycles. The van der Waals surface area contributed by atoms with Gasteiger partial charge in [-0.05, 0) is 24.3 Å². The second-order valence-electron chi connectivity index (χ2n) is 5.92. The first-order valence-corrected chi connectivity index (χ1v) is 9.90. The molecule has 2 aromatic carbocycles. The summed E-state index contributed by atoms with van der Waals surface area (Å²) in [4.78, 5) is 4.57. The number of aromatic nitrogens is 3. The van der Waals surface area contributed by atoms with Crippen LogP contribution in [0.4, 0.5) is 5.69 Å². The molecule has 6 nitrogen and oxygen atoms in total. The van der Waals surface area contributed by atoms with E-state index in [2.05, 4.69) is 27.1 Å². The minimum Gasteiger partial charge on any atom is -0.496 e.